The van der Waals surface area contributed by atoms with Crippen LogP contribution < -0.4 is 5.32 Å². The monoisotopic (exact) mass is 218 g/mol. The Morgan fingerprint density at radius 1 is 1.53 bits per heavy atom. The Balaban J connectivity index is 2.50. The molecule has 0 aromatic heterocycles. The normalized spacial score (nSPS) is 23.5. The number of hydrogen-bond donors (Lipinski definition) is 1. The minimum absolute atomic E-state index is 0.113. The molecule has 0 unspecified atom stereocenters. The molecule has 15 heavy (non-hydrogen) atoms. The Bertz CT molecular complexity index is 228. The fraction of sp³-hybridized carbons (Fsp3) is 0.900. The second kappa shape index (κ2) is 4.79. The van der Waals surface area contributed by atoms with Gasteiger partial charge in [-0.05, 0) is 20.8 Å². The van der Waals surface area contributed by atoms with Gasteiger partial charge in [0.1, 0.15) is 11.8 Å². The van der Waals surface area contributed by atoms with Crippen LogP contribution in [0, 0.1) is 0 Å². The molecule has 0 aromatic carbocycles. The molecule has 1 heterocycles. The number of nitrogens with one attached hydrogen (secondary N) is 1. The van der Waals surface area contributed by atoms with Gasteiger partial charge in [0, 0.05) is 19.6 Å². The molecule has 1 rings (SSSR count). The van der Waals surface area contributed by atoms with E-state index in [1.54, 1.807) is 20.8 Å². The van der Waals surface area contributed by atoms with Gasteiger partial charge in [-0.1, -0.05) is 0 Å². The average molecular weight is 218 g/mol. The molecule has 0 radical (unpaired) electrons. The summed E-state index contributed by atoms with van der Waals surface area (Å²) in [5.41, 5.74) is -0.525. The highest BCUT2D eigenvalue weighted by atomic mass is 19.1. The fourth-order valence-electron chi connectivity index (χ4n) is 1.36. The van der Waals surface area contributed by atoms with Crippen LogP contribution in [0.3, 0.4) is 0 Å². The van der Waals surface area contributed by atoms with Crippen molar-refractivity contribution in [3.63, 3.8) is 0 Å². The minimum atomic E-state index is -1.01. The van der Waals surface area contributed by atoms with Crippen molar-refractivity contribution in [2.24, 2.45) is 0 Å². The molecule has 1 saturated heterocycles. The van der Waals surface area contributed by atoms with Crippen LogP contribution in [-0.2, 0) is 4.74 Å². The molecule has 4 nitrogen and oxygen atoms in total. The van der Waals surface area contributed by atoms with Crippen molar-refractivity contribution in [1.29, 1.82) is 0 Å². The molecular weight excluding hydrogens is 199 g/mol. The number of alkyl halides is 1. The van der Waals surface area contributed by atoms with Crippen LogP contribution in [0.4, 0.5) is 9.18 Å². The summed E-state index contributed by atoms with van der Waals surface area (Å²) in [5, 5.41) is 2.92. The lowest BCUT2D eigenvalue weighted by Crippen LogP contribution is -2.40. The molecule has 0 aromatic rings. The SMILES string of the molecule is CC(C)(C)OC(=O)N1CCNC[C@H](F)C1. The van der Waals surface area contributed by atoms with E-state index in [0.29, 0.717) is 19.6 Å². The van der Waals surface area contributed by atoms with Gasteiger partial charge in [0.25, 0.3) is 0 Å². The summed E-state index contributed by atoms with van der Waals surface area (Å²) in [4.78, 5) is 13.0. The summed E-state index contributed by atoms with van der Waals surface area (Å²) in [7, 11) is 0. The number of nitrogens with zero attached hydrogens (tertiary/aromatic N) is 1. The van der Waals surface area contributed by atoms with E-state index in [0.717, 1.165) is 0 Å². The van der Waals surface area contributed by atoms with Crippen LogP contribution in [0.5, 0.6) is 0 Å². The first-order chi connectivity index (χ1) is 6.88. The van der Waals surface area contributed by atoms with Gasteiger partial charge in [-0.2, -0.15) is 0 Å². The van der Waals surface area contributed by atoms with E-state index in [4.69, 9.17) is 4.74 Å². The Morgan fingerprint density at radius 3 is 2.80 bits per heavy atom. The second-order valence-electron chi connectivity index (χ2n) is 4.73. The zero-order chi connectivity index (χ0) is 11.5. The van der Waals surface area contributed by atoms with Crippen LogP contribution in [0.15, 0.2) is 0 Å². The maximum absolute atomic E-state index is 13.2. The van der Waals surface area contributed by atoms with E-state index in [-0.39, 0.29) is 6.54 Å². The third-order valence-corrected chi connectivity index (χ3v) is 1.99. The first-order valence-corrected chi connectivity index (χ1v) is 5.21. The van der Waals surface area contributed by atoms with Crippen LogP contribution >= 0.6 is 0 Å². The van der Waals surface area contributed by atoms with Crippen molar-refractivity contribution < 1.29 is 13.9 Å². The maximum atomic E-state index is 13.2. The molecule has 88 valence electrons. The number of hydrogen-bond acceptors (Lipinski definition) is 3. The van der Waals surface area contributed by atoms with Crippen LogP contribution in [-0.4, -0.2) is 48.9 Å². The number of rotatable bonds is 0. The predicted octanol–water partition coefficient (Wildman–Crippen LogP) is 1.16. The van der Waals surface area contributed by atoms with E-state index < -0.39 is 17.9 Å². The summed E-state index contributed by atoms with van der Waals surface area (Å²) >= 11 is 0. The number of carbonyl (C=O) groups is 1. The fourth-order valence-corrected chi connectivity index (χ4v) is 1.36. The quantitative estimate of drug-likeness (QED) is 0.663. The summed E-state index contributed by atoms with van der Waals surface area (Å²) in [5.74, 6) is 0. The molecule has 1 aliphatic heterocycles. The van der Waals surface area contributed by atoms with Gasteiger partial charge in [-0.25, -0.2) is 9.18 Å². The van der Waals surface area contributed by atoms with E-state index in [2.05, 4.69) is 5.32 Å². The summed E-state index contributed by atoms with van der Waals surface area (Å²) in [6, 6.07) is 0. The highest BCUT2D eigenvalue weighted by molar-refractivity contribution is 5.68. The molecule has 0 aliphatic carbocycles. The molecule has 1 aliphatic rings. The Kier molecular flexibility index (Phi) is 3.90. The maximum Gasteiger partial charge on any atom is 0.410 e. The zero-order valence-corrected chi connectivity index (χ0v) is 9.55. The molecule has 1 fully saturated rings. The number of halogens is 1. The van der Waals surface area contributed by atoms with Crippen molar-refractivity contribution >= 4 is 6.09 Å². The van der Waals surface area contributed by atoms with Gasteiger partial charge < -0.3 is 15.0 Å². The van der Waals surface area contributed by atoms with Crippen LogP contribution in [0.25, 0.3) is 0 Å². The lowest BCUT2D eigenvalue weighted by atomic mass is 10.2. The highest BCUT2D eigenvalue weighted by Gasteiger charge is 2.25. The Labute approximate surface area is 89.8 Å². The third kappa shape index (κ3) is 4.46. The Morgan fingerprint density at radius 2 is 2.20 bits per heavy atom. The molecule has 0 saturated carbocycles. The van der Waals surface area contributed by atoms with E-state index >= 15 is 0 Å². The first kappa shape index (κ1) is 12.2. The minimum Gasteiger partial charge on any atom is -0.444 e. The van der Waals surface area contributed by atoms with Crippen LogP contribution in [0.2, 0.25) is 0 Å². The largest absolute Gasteiger partial charge is 0.444 e. The second-order valence-corrected chi connectivity index (χ2v) is 4.73. The summed E-state index contributed by atoms with van der Waals surface area (Å²) < 4.78 is 18.3. The van der Waals surface area contributed by atoms with Crippen molar-refractivity contribution in [2.75, 3.05) is 26.2 Å². The molecule has 0 bridgehead atoms. The standard InChI is InChI=1S/C10H19FN2O2/c1-10(2,3)15-9(14)13-5-4-12-6-8(11)7-13/h8,12H,4-7H2,1-3H3/t8-/m0/s1. The molecule has 1 N–H and O–H groups in total. The predicted molar refractivity (Wildman–Crippen MR) is 55.6 cm³/mol. The topological polar surface area (TPSA) is 41.6 Å². The third-order valence-electron chi connectivity index (χ3n) is 1.99. The first-order valence-electron chi connectivity index (χ1n) is 5.21. The van der Waals surface area contributed by atoms with Crippen molar-refractivity contribution in [3.8, 4) is 0 Å². The number of ether oxygens (including phenoxy) is 1. The molecule has 0 spiro atoms. The summed E-state index contributed by atoms with van der Waals surface area (Å²) in [6.45, 7) is 6.92. The van der Waals surface area contributed by atoms with Gasteiger partial charge in [0.15, 0.2) is 0 Å². The molecule has 1 amide bonds. The smallest absolute Gasteiger partial charge is 0.410 e. The molecule has 1 atom stereocenters. The lowest BCUT2D eigenvalue weighted by Gasteiger charge is -2.26. The molecular formula is C10H19FN2O2. The van der Waals surface area contributed by atoms with Crippen LogP contribution in [0.1, 0.15) is 20.8 Å². The highest BCUT2D eigenvalue weighted by Crippen LogP contribution is 2.11. The average Bonchev–Trinajstić information content (AvgIpc) is 2.26. The van der Waals surface area contributed by atoms with Gasteiger partial charge in [-0.3, -0.25) is 0 Å². The van der Waals surface area contributed by atoms with Gasteiger partial charge in [-0.15, -0.1) is 0 Å². The summed E-state index contributed by atoms with van der Waals surface area (Å²) in [6.07, 6.45) is -1.45. The van der Waals surface area contributed by atoms with Crippen molar-refractivity contribution in [2.45, 2.75) is 32.5 Å². The van der Waals surface area contributed by atoms with Gasteiger partial charge in [0.2, 0.25) is 0 Å². The van der Waals surface area contributed by atoms with Gasteiger partial charge in [0.05, 0.1) is 6.54 Å². The number of amides is 1. The van der Waals surface area contributed by atoms with E-state index in [1.807, 2.05) is 0 Å². The Hall–Kier alpha value is -0.840. The van der Waals surface area contributed by atoms with Crippen molar-refractivity contribution in [3.05, 3.63) is 0 Å². The zero-order valence-electron chi connectivity index (χ0n) is 9.55. The lowest BCUT2D eigenvalue weighted by molar-refractivity contribution is 0.0229. The molecule has 5 heteroatoms. The number of carbonyl (C=O) groups excluding carboxylic acids is 1. The van der Waals surface area contributed by atoms with Crippen molar-refractivity contribution in [1.82, 2.24) is 10.2 Å². The van der Waals surface area contributed by atoms with E-state index in [9.17, 15) is 9.18 Å². The van der Waals surface area contributed by atoms with Gasteiger partial charge >= 0.3 is 6.09 Å². The van der Waals surface area contributed by atoms with E-state index in [1.165, 1.54) is 4.90 Å².